The lowest BCUT2D eigenvalue weighted by molar-refractivity contribution is -0.119. The molecule has 0 bridgehead atoms. The zero-order valence-corrected chi connectivity index (χ0v) is 10.6. The first-order valence-corrected chi connectivity index (χ1v) is 6.10. The fourth-order valence-corrected chi connectivity index (χ4v) is 1.87. The second kappa shape index (κ2) is 6.72. The number of halogens is 2. The number of hydrogen-bond acceptors (Lipinski definition) is 2. The Bertz CT molecular complexity index is 391. The van der Waals surface area contributed by atoms with Gasteiger partial charge in [-0.1, -0.05) is 31.0 Å². The molecule has 1 atom stereocenters. The van der Waals surface area contributed by atoms with Crippen LogP contribution in [-0.2, 0) is 11.2 Å². The molecule has 0 heterocycles. The SMILES string of the molecule is CCC(CN)CC(=O)Cc1ccc(F)c(Cl)c1. The lowest BCUT2D eigenvalue weighted by atomic mass is 9.96. The van der Waals surface area contributed by atoms with Gasteiger partial charge >= 0.3 is 0 Å². The van der Waals surface area contributed by atoms with Gasteiger partial charge in [-0.05, 0) is 30.2 Å². The van der Waals surface area contributed by atoms with E-state index in [1.165, 1.54) is 12.1 Å². The van der Waals surface area contributed by atoms with Gasteiger partial charge in [0.2, 0.25) is 0 Å². The van der Waals surface area contributed by atoms with E-state index in [2.05, 4.69) is 0 Å². The minimum Gasteiger partial charge on any atom is -0.330 e. The molecule has 17 heavy (non-hydrogen) atoms. The quantitative estimate of drug-likeness (QED) is 0.851. The highest BCUT2D eigenvalue weighted by atomic mass is 35.5. The number of nitrogens with two attached hydrogens (primary N) is 1. The largest absolute Gasteiger partial charge is 0.330 e. The fourth-order valence-electron chi connectivity index (χ4n) is 1.67. The van der Waals surface area contributed by atoms with Gasteiger partial charge in [0.15, 0.2) is 0 Å². The second-order valence-corrected chi connectivity index (χ2v) is 4.59. The minimum atomic E-state index is -0.462. The van der Waals surface area contributed by atoms with Gasteiger partial charge in [0.25, 0.3) is 0 Å². The van der Waals surface area contributed by atoms with Crippen LogP contribution in [0.5, 0.6) is 0 Å². The van der Waals surface area contributed by atoms with Gasteiger partial charge in [0, 0.05) is 12.8 Å². The summed E-state index contributed by atoms with van der Waals surface area (Å²) in [7, 11) is 0. The monoisotopic (exact) mass is 257 g/mol. The molecule has 1 aromatic rings. The van der Waals surface area contributed by atoms with Crippen molar-refractivity contribution in [2.24, 2.45) is 11.7 Å². The normalized spacial score (nSPS) is 12.5. The molecule has 0 saturated heterocycles. The third kappa shape index (κ3) is 4.44. The molecule has 0 radical (unpaired) electrons. The summed E-state index contributed by atoms with van der Waals surface area (Å²) in [5.41, 5.74) is 6.29. The molecule has 0 aliphatic rings. The van der Waals surface area contributed by atoms with Gasteiger partial charge in [-0.25, -0.2) is 4.39 Å². The molecule has 0 amide bonds. The van der Waals surface area contributed by atoms with E-state index in [1.54, 1.807) is 6.07 Å². The van der Waals surface area contributed by atoms with Crippen LogP contribution >= 0.6 is 11.6 Å². The summed E-state index contributed by atoms with van der Waals surface area (Å²) in [6.45, 7) is 2.53. The van der Waals surface area contributed by atoms with E-state index in [4.69, 9.17) is 17.3 Å². The second-order valence-electron chi connectivity index (χ2n) is 4.18. The number of rotatable bonds is 6. The molecular formula is C13H17ClFNO. The van der Waals surface area contributed by atoms with Crippen molar-refractivity contribution < 1.29 is 9.18 Å². The Morgan fingerprint density at radius 1 is 1.53 bits per heavy atom. The number of carbonyl (C=O) groups excluding carboxylic acids is 1. The fraction of sp³-hybridized carbons (Fsp3) is 0.462. The summed E-state index contributed by atoms with van der Waals surface area (Å²) >= 11 is 5.65. The smallest absolute Gasteiger partial charge is 0.141 e. The van der Waals surface area contributed by atoms with Crippen LogP contribution in [0, 0.1) is 11.7 Å². The standard InChI is InChI=1S/C13H17ClFNO/c1-2-9(8-16)5-11(17)6-10-3-4-13(15)12(14)7-10/h3-4,7,9H,2,5-6,8,16H2,1H3. The average Bonchev–Trinajstić information content (AvgIpc) is 2.31. The number of ketones is 1. The Kier molecular flexibility index (Phi) is 5.59. The van der Waals surface area contributed by atoms with Crippen molar-refractivity contribution in [3.8, 4) is 0 Å². The van der Waals surface area contributed by atoms with E-state index in [0.717, 1.165) is 12.0 Å². The number of Topliss-reactive ketones (excluding diaryl/α,β-unsaturated/α-hetero) is 1. The van der Waals surface area contributed by atoms with Crippen molar-refractivity contribution in [3.63, 3.8) is 0 Å². The van der Waals surface area contributed by atoms with E-state index >= 15 is 0 Å². The first-order valence-electron chi connectivity index (χ1n) is 5.72. The summed E-state index contributed by atoms with van der Waals surface area (Å²) in [5, 5.41) is 0.0566. The first kappa shape index (κ1) is 14.1. The molecule has 1 rings (SSSR count). The Morgan fingerprint density at radius 3 is 2.76 bits per heavy atom. The molecule has 2 nitrogen and oxygen atoms in total. The topological polar surface area (TPSA) is 43.1 Å². The molecule has 1 unspecified atom stereocenters. The summed E-state index contributed by atoms with van der Waals surface area (Å²) < 4.78 is 12.9. The predicted octanol–water partition coefficient (Wildman–Crippen LogP) is 2.97. The Hall–Kier alpha value is -0.930. The third-order valence-electron chi connectivity index (χ3n) is 2.81. The molecule has 2 N–H and O–H groups in total. The van der Waals surface area contributed by atoms with E-state index in [9.17, 15) is 9.18 Å². The molecule has 0 fully saturated rings. The van der Waals surface area contributed by atoms with E-state index in [1.807, 2.05) is 6.92 Å². The van der Waals surface area contributed by atoms with Gasteiger partial charge in [-0.15, -0.1) is 0 Å². The Morgan fingerprint density at radius 2 is 2.24 bits per heavy atom. The summed E-state index contributed by atoms with van der Waals surface area (Å²) in [4.78, 5) is 11.7. The van der Waals surface area contributed by atoms with E-state index in [-0.39, 0.29) is 23.1 Å². The van der Waals surface area contributed by atoms with Gasteiger partial charge < -0.3 is 5.73 Å². The van der Waals surface area contributed by atoms with Crippen LogP contribution in [0.3, 0.4) is 0 Å². The average molecular weight is 258 g/mol. The molecule has 0 aromatic heterocycles. The van der Waals surface area contributed by atoms with Gasteiger partial charge in [0.1, 0.15) is 11.6 Å². The van der Waals surface area contributed by atoms with Crippen LogP contribution in [0.2, 0.25) is 5.02 Å². The van der Waals surface area contributed by atoms with Crippen molar-refractivity contribution in [2.45, 2.75) is 26.2 Å². The molecule has 0 saturated carbocycles. The van der Waals surface area contributed by atoms with Crippen LogP contribution in [0.1, 0.15) is 25.3 Å². The molecule has 0 aliphatic carbocycles. The first-order chi connectivity index (χ1) is 8.06. The summed E-state index contributed by atoms with van der Waals surface area (Å²) in [6.07, 6.45) is 1.66. The maximum absolute atomic E-state index is 12.9. The zero-order valence-electron chi connectivity index (χ0n) is 9.88. The highest BCUT2D eigenvalue weighted by Crippen LogP contribution is 2.17. The third-order valence-corrected chi connectivity index (χ3v) is 3.10. The van der Waals surface area contributed by atoms with Crippen LogP contribution < -0.4 is 5.73 Å². The van der Waals surface area contributed by atoms with E-state index in [0.29, 0.717) is 13.0 Å². The van der Waals surface area contributed by atoms with Crippen molar-refractivity contribution in [2.75, 3.05) is 6.54 Å². The van der Waals surface area contributed by atoms with Crippen LogP contribution in [-0.4, -0.2) is 12.3 Å². The number of hydrogen-bond donors (Lipinski definition) is 1. The maximum Gasteiger partial charge on any atom is 0.141 e. The Labute approximate surface area is 106 Å². The Balaban J connectivity index is 2.58. The minimum absolute atomic E-state index is 0.0566. The molecule has 4 heteroatoms. The highest BCUT2D eigenvalue weighted by Gasteiger charge is 2.12. The zero-order chi connectivity index (χ0) is 12.8. The molecular weight excluding hydrogens is 241 g/mol. The van der Waals surface area contributed by atoms with Gasteiger partial charge in [-0.2, -0.15) is 0 Å². The van der Waals surface area contributed by atoms with Crippen LogP contribution in [0.15, 0.2) is 18.2 Å². The van der Waals surface area contributed by atoms with Crippen molar-refractivity contribution in [1.29, 1.82) is 0 Å². The van der Waals surface area contributed by atoms with Crippen LogP contribution in [0.25, 0.3) is 0 Å². The lowest BCUT2D eigenvalue weighted by Gasteiger charge is -2.10. The van der Waals surface area contributed by atoms with Crippen molar-refractivity contribution >= 4 is 17.4 Å². The lowest BCUT2D eigenvalue weighted by Crippen LogP contribution is -2.18. The summed E-state index contributed by atoms with van der Waals surface area (Å²) in [5.74, 6) is -0.111. The molecule has 1 aromatic carbocycles. The van der Waals surface area contributed by atoms with Crippen molar-refractivity contribution in [1.82, 2.24) is 0 Å². The molecule has 94 valence electrons. The summed E-state index contributed by atoms with van der Waals surface area (Å²) in [6, 6.07) is 4.37. The molecule has 0 spiro atoms. The van der Waals surface area contributed by atoms with Gasteiger partial charge in [0.05, 0.1) is 5.02 Å². The number of carbonyl (C=O) groups is 1. The number of benzene rings is 1. The van der Waals surface area contributed by atoms with E-state index < -0.39 is 5.82 Å². The maximum atomic E-state index is 12.9. The molecule has 0 aliphatic heterocycles. The van der Waals surface area contributed by atoms with Crippen molar-refractivity contribution in [3.05, 3.63) is 34.6 Å². The predicted molar refractivity (Wildman–Crippen MR) is 67.6 cm³/mol. The van der Waals surface area contributed by atoms with Crippen LogP contribution in [0.4, 0.5) is 4.39 Å². The van der Waals surface area contributed by atoms with Gasteiger partial charge in [-0.3, -0.25) is 4.79 Å². The highest BCUT2D eigenvalue weighted by molar-refractivity contribution is 6.30.